The maximum atomic E-state index is 12.1. The van der Waals surface area contributed by atoms with Crippen LogP contribution in [0.25, 0.3) is 11.3 Å². The van der Waals surface area contributed by atoms with E-state index in [1.54, 1.807) is 13.2 Å². The third-order valence-electron chi connectivity index (χ3n) is 3.44. The summed E-state index contributed by atoms with van der Waals surface area (Å²) in [5, 5.41) is 6.69. The average molecular weight is 387 g/mol. The van der Waals surface area contributed by atoms with Crippen LogP contribution in [0.15, 0.2) is 63.6 Å². The molecule has 0 aliphatic rings. The number of anilines is 1. The van der Waals surface area contributed by atoms with Crippen LogP contribution >= 0.6 is 15.9 Å². The molecule has 5 nitrogen and oxygen atoms in total. The van der Waals surface area contributed by atoms with Gasteiger partial charge in [-0.3, -0.25) is 10.1 Å². The van der Waals surface area contributed by atoms with Gasteiger partial charge in [-0.15, -0.1) is 0 Å². The summed E-state index contributed by atoms with van der Waals surface area (Å²) in [5.74, 6) is 0.915. The lowest BCUT2D eigenvalue weighted by Crippen LogP contribution is -2.13. The normalized spacial score (nSPS) is 10.4. The van der Waals surface area contributed by atoms with Crippen LogP contribution < -0.4 is 10.1 Å². The van der Waals surface area contributed by atoms with E-state index >= 15 is 0 Å². The van der Waals surface area contributed by atoms with Crippen molar-refractivity contribution in [3.63, 3.8) is 0 Å². The van der Waals surface area contributed by atoms with Crippen molar-refractivity contribution >= 4 is 27.7 Å². The van der Waals surface area contributed by atoms with Gasteiger partial charge in [-0.1, -0.05) is 45.4 Å². The van der Waals surface area contributed by atoms with E-state index in [1.807, 2.05) is 48.5 Å². The Morgan fingerprint density at radius 1 is 1.17 bits per heavy atom. The molecule has 0 fully saturated rings. The summed E-state index contributed by atoms with van der Waals surface area (Å²) in [5.41, 5.74) is 2.47. The SMILES string of the molecule is COc1ccc(CC(=O)Nc2cc(-c3ccc(Br)cc3)no2)cc1. The lowest BCUT2D eigenvalue weighted by Gasteiger charge is -2.03. The average Bonchev–Trinajstić information content (AvgIpc) is 3.04. The molecule has 1 aromatic heterocycles. The number of carbonyl (C=O) groups is 1. The van der Waals surface area contributed by atoms with Crippen molar-refractivity contribution in [3.05, 3.63) is 64.6 Å². The number of nitrogens with one attached hydrogen (secondary N) is 1. The number of hydrogen-bond donors (Lipinski definition) is 1. The van der Waals surface area contributed by atoms with Crippen molar-refractivity contribution in [1.82, 2.24) is 5.16 Å². The lowest BCUT2D eigenvalue weighted by molar-refractivity contribution is -0.115. The minimum atomic E-state index is -0.168. The number of rotatable bonds is 5. The van der Waals surface area contributed by atoms with E-state index in [9.17, 15) is 4.79 Å². The Balaban J connectivity index is 1.63. The molecule has 0 spiro atoms. The molecule has 3 aromatic rings. The third-order valence-corrected chi connectivity index (χ3v) is 3.97. The fourth-order valence-electron chi connectivity index (χ4n) is 2.20. The third kappa shape index (κ3) is 4.02. The summed E-state index contributed by atoms with van der Waals surface area (Å²) in [6.45, 7) is 0. The van der Waals surface area contributed by atoms with E-state index in [-0.39, 0.29) is 12.3 Å². The second-order valence-electron chi connectivity index (χ2n) is 5.16. The number of nitrogens with zero attached hydrogens (tertiary/aromatic N) is 1. The quantitative estimate of drug-likeness (QED) is 0.709. The molecule has 0 radical (unpaired) electrons. The van der Waals surface area contributed by atoms with Gasteiger partial charge in [-0.05, 0) is 29.8 Å². The van der Waals surface area contributed by atoms with E-state index < -0.39 is 0 Å². The molecule has 2 aromatic carbocycles. The van der Waals surface area contributed by atoms with Crippen LogP contribution in [0.2, 0.25) is 0 Å². The fraction of sp³-hybridized carbons (Fsp3) is 0.111. The van der Waals surface area contributed by atoms with E-state index in [0.717, 1.165) is 21.3 Å². The first-order chi connectivity index (χ1) is 11.6. The molecule has 1 N–H and O–H groups in total. The Morgan fingerprint density at radius 3 is 2.54 bits per heavy atom. The first-order valence-corrected chi connectivity index (χ1v) is 8.09. The maximum absolute atomic E-state index is 12.1. The van der Waals surface area contributed by atoms with Crippen molar-refractivity contribution in [1.29, 1.82) is 0 Å². The molecule has 24 heavy (non-hydrogen) atoms. The molecule has 0 unspecified atom stereocenters. The zero-order valence-corrected chi connectivity index (χ0v) is 14.5. The second kappa shape index (κ2) is 7.31. The molecular weight excluding hydrogens is 372 g/mol. The van der Waals surface area contributed by atoms with Gasteiger partial charge in [0.15, 0.2) is 0 Å². The molecule has 0 aliphatic heterocycles. The summed E-state index contributed by atoms with van der Waals surface area (Å²) >= 11 is 3.39. The Morgan fingerprint density at radius 2 is 1.88 bits per heavy atom. The van der Waals surface area contributed by atoms with Crippen LogP contribution in [0.3, 0.4) is 0 Å². The summed E-state index contributed by atoms with van der Waals surface area (Å²) in [6, 6.07) is 16.7. The Hall–Kier alpha value is -2.60. The fourth-order valence-corrected chi connectivity index (χ4v) is 2.47. The van der Waals surface area contributed by atoms with Crippen molar-refractivity contribution < 1.29 is 14.1 Å². The van der Waals surface area contributed by atoms with Crippen molar-refractivity contribution in [2.75, 3.05) is 12.4 Å². The summed E-state index contributed by atoms with van der Waals surface area (Å²) in [7, 11) is 1.61. The maximum Gasteiger partial charge on any atom is 0.231 e. The molecular formula is C18H15BrN2O3. The molecule has 6 heteroatoms. The smallest absolute Gasteiger partial charge is 0.231 e. The van der Waals surface area contributed by atoms with Gasteiger partial charge in [0.25, 0.3) is 0 Å². The van der Waals surface area contributed by atoms with Crippen molar-refractivity contribution in [2.24, 2.45) is 0 Å². The summed E-state index contributed by atoms with van der Waals surface area (Å²) in [4.78, 5) is 12.1. The van der Waals surface area contributed by atoms with Gasteiger partial charge in [-0.25, -0.2) is 0 Å². The van der Waals surface area contributed by atoms with Gasteiger partial charge in [0.1, 0.15) is 11.4 Å². The number of aromatic nitrogens is 1. The topological polar surface area (TPSA) is 64.4 Å². The number of halogens is 1. The van der Waals surface area contributed by atoms with Gasteiger partial charge in [0.05, 0.1) is 13.5 Å². The standard InChI is InChI=1S/C18H15BrN2O3/c1-23-15-8-2-12(3-9-15)10-17(22)20-18-11-16(21-24-18)13-4-6-14(19)7-5-13/h2-9,11H,10H2,1H3,(H,20,22). The number of amides is 1. The number of ether oxygens (including phenoxy) is 1. The zero-order chi connectivity index (χ0) is 16.9. The summed E-state index contributed by atoms with van der Waals surface area (Å²) in [6.07, 6.45) is 0.248. The highest BCUT2D eigenvalue weighted by molar-refractivity contribution is 9.10. The van der Waals surface area contributed by atoms with E-state index in [0.29, 0.717) is 11.6 Å². The van der Waals surface area contributed by atoms with Gasteiger partial charge in [0.2, 0.25) is 11.8 Å². The van der Waals surface area contributed by atoms with Crippen LogP contribution in [0.4, 0.5) is 5.88 Å². The summed E-state index contributed by atoms with van der Waals surface area (Å²) < 4.78 is 11.3. The Bertz CT molecular complexity index is 826. The minimum Gasteiger partial charge on any atom is -0.497 e. The van der Waals surface area contributed by atoms with Crippen LogP contribution in [0.5, 0.6) is 5.75 Å². The Labute approximate surface area is 147 Å². The zero-order valence-electron chi connectivity index (χ0n) is 13.0. The molecule has 1 heterocycles. The molecule has 0 aliphatic carbocycles. The van der Waals surface area contributed by atoms with Gasteiger partial charge in [-0.2, -0.15) is 0 Å². The van der Waals surface area contributed by atoms with Crippen LogP contribution in [-0.2, 0) is 11.2 Å². The minimum absolute atomic E-state index is 0.168. The van der Waals surface area contributed by atoms with E-state index in [4.69, 9.17) is 9.26 Å². The first kappa shape index (κ1) is 16.3. The van der Waals surface area contributed by atoms with E-state index in [1.165, 1.54) is 0 Å². The van der Waals surface area contributed by atoms with Crippen molar-refractivity contribution in [3.8, 4) is 17.0 Å². The molecule has 1 amide bonds. The Kier molecular flexibility index (Phi) is 4.96. The molecule has 0 saturated heterocycles. The molecule has 0 saturated carbocycles. The van der Waals surface area contributed by atoms with Gasteiger partial charge >= 0.3 is 0 Å². The predicted molar refractivity (Wildman–Crippen MR) is 95.0 cm³/mol. The first-order valence-electron chi connectivity index (χ1n) is 7.29. The van der Waals surface area contributed by atoms with Gasteiger partial charge < -0.3 is 9.26 Å². The highest BCUT2D eigenvalue weighted by atomic mass is 79.9. The number of benzene rings is 2. The number of carbonyl (C=O) groups excluding carboxylic acids is 1. The van der Waals surface area contributed by atoms with Crippen LogP contribution in [0, 0.1) is 0 Å². The van der Waals surface area contributed by atoms with Crippen LogP contribution in [0.1, 0.15) is 5.56 Å². The molecule has 122 valence electrons. The monoisotopic (exact) mass is 386 g/mol. The highest BCUT2D eigenvalue weighted by Crippen LogP contribution is 2.23. The molecule has 0 atom stereocenters. The highest BCUT2D eigenvalue weighted by Gasteiger charge is 2.10. The van der Waals surface area contributed by atoms with Crippen molar-refractivity contribution in [2.45, 2.75) is 6.42 Å². The predicted octanol–water partition coefficient (Wildman–Crippen LogP) is 4.29. The second-order valence-corrected chi connectivity index (χ2v) is 6.07. The van der Waals surface area contributed by atoms with E-state index in [2.05, 4.69) is 26.4 Å². The van der Waals surface area contributed by atoms with Gasteiger partial charge in [0, 0.05) is 16.1 Å². The molecule has 3 rings (SSSR count). The number of hydrogen-bond acceptors (Lipinski definition) is 4. The number of methoxy groups -OCH3 is 1. The largest absolute Gasteiger partial charge is 0.497 e. The lowest BCUT2D eigenvalue weighted by atomic mass is 10.1. The van der Waals surface area contributed by atoms with Crippen LogP contribution in [-0.4, -0.2) is 18.2 Å². The molecule has 0 bridgehead atoms.